The number of halogens is 2. The SMILES string of the molecule is CC(C)Oc1ccc(CC23CCCN2C(=O)N(c2cc(Cl)nc(Cl)c2)C3=O)cc1. The number of carbonyl (C=O) groups is 2. The van der Waals surface area contributed by atoms with Gasteiger partial charge in [0, 0.05) is 13.0 Å². The predicted octanol–water partition coefficient (Wildman–Crippen LogP) is 4.72. The summed E-state index contributed by atoms with van der Waals surface area (Å²) in [6.45, 7) is 4.48. The molecule has 6 nitrogen and oxygen atoms in total. The lowest BCUT2D eigenvalue weighted by atomic mass is 9.88. The van der Waals surface area contributed by atoms with Crippen molar-refractivity contribution in [1.29, 1.82) is 0 Å². The summed E-state index contributed by atoms with van der Waals surface area (Å²) in [5.74, 6) is 0.530. The zero-order valence-corrected chi connectivity index (χ0v) is 17.7. The Labute approximate surface area is 179 Å². The van der Waals surface area contributed by atoms with Gasteiger partial charge in [0.25, 0.3) is 5.91 Å². The smallest absolute Gasteiger partial charge is 0.332 e. The highest BCUT2D eigenvalue weighted by atomic mass is 35.5. The van der Waals surface area contributed by atoms with E-state index < -0.39 is 5.54 Å². The van der Waals surface area contributed by atoms with Crippen LogP contribution < -0.4 is 9.64 Å². The van der Waals surface area contributed by atoms with Crippen LogP contribution in [0.3, 0.4) is 0 Å². The fraction of sp³-hybridized carbons (Fsp3) is 0.381. The molecule has 4 rings (SSSR count). The molecule has 2 aromatic rings. The van der Waals surface area contributed by atoms with Crippen LogP contribution in [0.2, 0.25) is 10.3 Å². The number of benzene rings is 1. The number of anilines is 1. The minimum atomic E-state index is -0.889. The number of hydrogen-bond donors (Lipinski definition) is 0. The van der Waals surface area contributed by atoms with Crippen molar-refractivity contribution in [3.8, 4) is 5.75 Å². The van der Waals surface area contributed by atoms with Gasteiger partial charge in [0.05, 0.1) is 11.8 Å². The third-order valence-corrected chi connectivity index (χ3v) is 5.70. The van der Waals surface area contributed by atoms with Crippen LogP contribution in [0.5, 0.6) is 5.75 Å². The summed E-state index contributed by atoms with van der Waals surface area (Å²) in [5, 5.41) is 0.268. The first kappa shape index (κ1) is 20.0. The number of urea groups is 1. The maximum absolute atomic E-state index is 13.5. The van der Waals surface area contributed by atoms with Gasteiger partial charge in [0.2, 0.25) is 0 Å². The van der Waals surface area contributed by atoms with Crippen LogP contribution in [-0.2, 0) is 11.2 Å². The van der Waals surface area contributed by atoms with E-state index in [0.717, 1.165) is 17.7 Å². The van der Waals surface area contributed by atoms with Crippen LogP contribution in [0, 0.1) is 0 Å². The number of amides is 3. The third-order valence-electron chi connectivity index (χ3n) is 5.31. The lowest BCUT2D eigenvalue weighted by molar-refractivity contribution is -0.123. The molecular formula is C21H21Cl2N3O3. The second-order valence-corrected chi connectivity index (χ2v) is 8.44. The fourth-order valence-electron chi connectivity index (χ4n) is 4.16. The summed E-state index contributed by atoms with van der Waals surface area (Å²) in [7, 11) is 0. The molecule has 1 unspecified atom stereocenters. The monoisotopic (exact) mass is 433 g/mol. The molecule has 0 bridgehead atoms. The fourth-order valence-corrected chi connectivity index (χ4v) is 4.61. The van der Waals surface area contributed by atoms with Gasteiger partial charge < -0.3 is 9.64 Å². The zero-order chi connectivity index (χ0) is 20.8. The molecule has 3 amide bonds. The van der Waals surface area contributed by atoms with Crippen molar-refractivity contribution in [2.75, 3.05) is 11.4 Å². The van der Waals surface area contributed by atoms with Crippen molar-refractivity contribution in [2.45, 2.75) is 44.8 Å². The number of hydrogen-bond acceptors (Lipinski definition) is 4. The zero-order valence-electron chi connectivity index (χ0n) is 16.2. The summed E-state index contributed by atoms with van der Waals surface area (Å²) in [5.41, 5.74) is 0.431. The van der Waals surface area contributed by atoms with Crippen molar-refractivity contribution in [2.24, 2.45) is 0 Å². The van der Waals surface area contributed by atoms with Crippen LogP contribution in [0.15, 0.2) is 36.4 Å². The molecule has 0 radical (unpaired) electrons. The number of aromatic nitrogens is 1. The van der Waals surface area contributed by atoms with Crippen molar-refractivity contribution in [3.05, 3.63) is 52.3 Å². The molecule has 3 heterocycles. The quantitative estimate of drug-likeness (QED) is 0.505. The molecule has 2 aliphatic heterocycles. The maximum atomic E-state index is 13.5. The Morgan fingerprint density at radius 2 is 1.79 bits per heavy atom. The first-order valence-electron chi connectivity index (χ1n) is 9.55. The van der Waals surface area contributed by atoms with Crippen LogP contribution in [0.1, 0.15) is 32.3 Å². The molecule has 2 fully saturated rings. The topological polar surface area (TPSA) is 62.7 Å². The molecular weight excluding hydrogens is 413 g/mol. The second-order valence-electron chi connectivity index (χ2n) is 7.67. The van der Waals surface area contributed by atoms with Crippen LogP contribution in [-0.4, -0.2) is 40.0 Å². The van der Waals surface area contributed by atoms with Gasteiger partial charge >= 0.3 is 6.03 Å². The highest BCUT2D eigenvalue weighted by Crippen LogP contribution is 2.42. The Kier molecular flexibility index (Phi) is 5.17. The standard InChI is InChI=1S/C21H21Cl2N3O3/c1-13(2)29-16-6-4-14(5-7-16)12-21-8-3-9-25(21)20(28)26(19(21)27)15-10-17(22)24-18(23)11-15/h4-7,10-11,13H,3,8-9,12H2,1-2H3. The van der Waals surface area contributed by atoms with Gasteiger partial charge in [-0.3, -0.25) is 4.79 Å². The molecule has 29 heavy (non-hydrogen) atoms. The summed E-state index contributed by atoms with van der Waals surface area (Å²) in [6, 6.07) is 10.3. The number of carbonyl (C=O) groups excluding carboxylic acids is 2. The molecule has 0 spiro atoms. The van der Waals surface area contributed by atoms with E-state index in [-0.39, 0.29) is 28.3 Å². The Hall–Kier alpha value is -2.31. The minimum absolute atomic E-state index is 0.0892. The summed E-state index contributed by atoms with van der Waals surface area (Å²) < 4.78 is 5.69. The molecule has 0 aliphatic carbocycles. The Morgan fingerprint density at radius 3 is 2.41 bits per heavy atom. The molecule has 2 saturated heterocycles. The van der Waals surface area contributed by atoms with Crippen LogP contribution in [0.4, 0.5) is 10.5 Å². The van der Waals surface area contributed by atoms with Crippen molar-refractivity contribution < 1.29 is 14.3 Å². The van der Waals surface area contributed by atoms with E-state index in [4.69, 9.17) is 27.9 Å². The van der Waals surface area contributed by atoms with Crippen molar-refractivity contribution in [1.82, 2.24) is 9.88 Å². The number of nitrogens with zero attached hydrogens (tertiary/aromatic N) is 3. The van der Waals surface area contributed by atoms with Crippen LogP contribution in [0.25, 0.3) is 0 Å². The van der Waals surface area contributed by atoms with Gasteiger partial charge in [0.1, 0.15) is 21.6 Å². The van der Waals surface area contributed by atoms with E-state index in [9.17, 15) is 9.59 Å². The van der Waals surface area contributed by atoms with Crippen molar-refractivity contribution in [3.63, 3.8) is 0 Å². The Morgan fingerprint density at radius 1 is 1.14 bits per heavy atom. The highest BCUT2D eigenvalue weighted by Gasteiger charge is 2.59. The van der Waals surface area contributed by atoms with Gasteiger partial charge in [0.15, 0.2) is 0 Å². The summed E-state index contributed by atoms with van der Waals surface area (Å²) in [6.07, 6.45) is 1.94. The van der Waals surface area contributed by atoms with E-state index in [0.29, 0.717) is 25.1 Å². The first-order chi connectivity index (χ1) is 13.8. The van der Waals surface area contributed by atoms with Gasteiger partial charge in [-0.2, -0.15) is 0 Å². The Bertz CT molecular complexity index is 944. The summed E-state index contributed by atoms with van der Waals surface area (Å²) in [4.78, 5) is 33.3. The number of ether oxygens (including phenoxy) is 1. The lowest BCUT2D eigenvalue weighted by Crippen LogP contribution is -2.47. The van der Waals surface area contributed by atoms with Gasteiger partial charge in [-0.15, -0.1) is 0 Å². The van der Waals surface area contributed by atoms with Gasteiger partial charge in [-0.05, 0) is 56.5 Å². The van der Waals surface area contributed by atoms with E-state index in [1.807, 2.05) is 38.1 Å². The molecule has 0 N–H and O–H groups in total. The van der Waals surface area contributed by atoms with E-state index in [2.05, 4.69) is 4.98 Å². The van der Waals surface area contributed by atoms with E-state index >= 15 is 0 Å². The molecule has 1 aromatic heterocycles. The van der Waals surface area contributed by atoms with E-state index in [1.165, 1.54) is 17.0 Å². The molecule has 8 heteroatoms. The Balaban J connectivity index is 1.65. The number of rotatable bonds is 5. The molecule has 1 aromatic carbocycles. The molecule has 1 atom stereocenters. The lowest BCUT2D eigenvalue weighted by Gasteiger charge is -2.28. The largest absolute Gasteiger partial charge is 0.491 e. The molecule has 2 aliphatic rings. The predicted molar refractivity (Wildman–Crippen MR) is 112 cm³/mol. The van der Waals surface area contributed by atoms with Gasteiger partial charge in [-0.25, -0.2) is 14.7 Å². The van der Waals surface area contributed by atoms with Gasteiger partial charge in [-0.1, -0.05) is 35.3 Å². The number of imide groups is 1. The average molecular weight is 434 g/mol. The van der Waals surface area contributed by atoms with E-state index in [1.54, 1.807) is 4.90 Å². The normalized spacial score (nSPS) is 21.3. The summed E-state index contributed by atoms with van der Waals surface area (Å²) >= 11 is 12.0. The molecule has 0 saturated carbocycles. The first-order valence-corrected chi connectivity index (χ1v) is 10.3. The number of fused-ring (bicyclic) bond motifs is 1. The van der Waals surface area contributed by atoms with Crippen LogP contribution >= 0.6 is 23.2 Å². The average Bonchev–Trinajstić information content (AvgIpc) is 3.14. The highest BCUT2D eigenvalue weighted by molar-refractivity contribution is 6.33. The second kappa shape index (κ2) is 7.50. The minimum Gasteiger partial charge on any atom is -0.491 e. The maximum Gasteiger partial charge on any atom is 0.332 e. The molecule has 152 valence electrons. The third kappa shape index (κ3) is 3.55. The number of pyridine rings is 1. The van der Waals surface area contributed by atoms with Crippen molar-refractivity contribution >= 4 is 40.8 Å².